The Kier molecular flexibility index (Phi) is 6.55. The first kappa shape index (κ1) is 19.4. The van der Waals surface area contributed by atoms with E-state index < -0.39 is 20.8 Å². The van der Waals surface area contributed by atoms with Crippen LogP contribution in [-0.4, -0.2) is 25.8 Å². The molecule has 0 aliphatic carbocycles. The lowest BCUT2D eigenvalue weighted by molar-refractivity contribution is -0.384. The lowest BCUT2D eigenvalue weighted by Crippen LogP contribution is -2.53. The van der Waals surface area contributed by atoms with E-state index in [2.05, 4.69) is 15.6 Å². The van der Waals surface area contributed by atoms with Crippen LogP contribution in [-0.2, 0) is 6.54 Å². The van der Waals surface area contributed by atoms with E-state index in [0.717, 1.165) is 11.6 Å². The molecule has 10 heteroatoms. The standard InChI is InChI=1S/C15H13Cl3N4O3/c16-15(17,18)14(20-9-10-3-2-6-19-8-10)21-13(23)11-4-1-5-12(7-11)22(24)25/h1-8,14,20H,9H2,(H,21,23). The molecule has 0 saturated heterocycles. The Morgan fingerprint density at radius 2 is 2.04 bits per heavy atom. The zero-order valence-electron chi connectivity index (χ0n) is 12.7. The van der Waals surface area contributed by atoms with Gasteiger partial charge in [-0.15, -0.1) is 0 Å². The Morgan fingerprint density at radius 1 is 1.28 bits per heavy atom. The first-order chi connectivity index (χ1) is 11.8. The maximum atomic E-state index is 12.3. The first-order valence-electron chi connectivity index (χ1n) is 7.01. The van der Waals surface area contributed by atoms with Crippen LogP contribution in [0.1, 0.15) is 15.9 Å². The Labute approximate surface area is 158 Å². The highest BCUT2D eigenvalue weighted by atomic mass is 35.6. The Morgan fingerprint density at radius 3 is 2.64 bits per heavy atom. The van der Waals surface area contributed by atoms with Crippen molar-refractivity contribution >= 4 is 46.4 Å². The number of hydrogen-bond donors (Lipinski definition) is 2. The number of alkyl halides is 3. The number of amides is 1. The lowest BCUT2D eigenvalue weighted by atomic mass is 10.2. The second-order valence-corrected chi connectivity index (χ2v) is 7.37. The van der Waals surface area contributed by atoms with Gasteiger partial charge in [0.1, 0.15) is 6.17 Å². The fraction of sp³-hybridized carbons (Fsp3) is 0.200. The summed E-state index contributed by atoms with van der Waals surface area (Å²) < 4.78 is -1.83. The van der Waals surface area contributed by atoms with Crippen LogP contribution in [0, 0.1) is 10.1 Å². The number of rotatable bonds is 6. The monoisotopic (exact) mass is 402 g/mol. The SMILES string of the molecule is O=C(NC(NCc1cccnc1)C(Cl)(Cl)Cl)c1cccc([N+](=O)[O-])c1. The Balaban J connectivity index is 2.10. The summed E-state index contributed by atoms with van der Waals surface area (Å²) in [7, 11) is 0. The summed E-state index contributed by atoms with van der Waals surface area (Å²) in [6.07, 6.45) is 2.23. The van der Waals surface area contributed by atoms with Gasteiger partial charge in [-0.1, -0.05) is 46.9 Å². The van der Waals surface area contributed by atoms with E-state index in [1.165, 1.54) is 18.2 Å². The predicted octanol–water partition coefficient (Wildman–Crippen LogP) is 3.21. The average Bonchev–Trinajstić information content (AvgIpc) is 2.58. The van der Waals surface area contributed by atoms with Crippen LogP contribution in [0.5, 0.6) is 0 Å². The topological polar surface area (TPSA) is 97.2 Å². The predicted molar refractivity (Wildman–Crippen MR) is 95.7 cm³/mol. The molecule has 0 spiro atoms. The number of nitrogens with zero attached hydrogens (tertiary/aromatic N) is 2. The van der Waals surface area contributed by atoms with Gasteiger partial charge in [0, 0.05) is 36.6 Å². The molecule has 1 heterocycles. The zero-order chi connectivity index (χ0) is 18.4. The number of non-ortho nitro benzene ring substituents is 1. The van der Waals surface area contributed by atoms with E-state index in [1.54, 1.807) is 18.5 Å². The molecule has 1 atom stereocenters. The van der Waals surface area contributed by atoms with Crippen LogP contribution in [0.25, 0.3) is 0 Å². The molecule has 7 nitrogen and oxygen atoms in total. The van der Waals surface area contributed by atoms with Crippen molar-refractivity contribution in [2.24, 2.45) is 0 Å². The van der Waals surface area contributed by atoms with E-state index in [9.17, 15) is 14.9 Å². The minimum Gasteiger partial charge on any atom is -0.333 e. The molecule has 25 heavy (non-hydrogen) atoms. The third kappa shape index (κ3) is 5.82. The van der Waals surface area contributed by atoms with Crippen molar-refractivity contribution in [3.8, 4) is 0 Å². The molecule has 2 aromatic rings. The number of aromatic nitrogens is 1. The van der Waals surface area contributed by atoms with E-state index in [0.29, 0.717) is 6.54 Å². The number of nitro groups is 1. The molecule has 1 aromatic carbocycles. The lowest BCUT2D eigenvalue weighted by Gasteiger charge is -2.26. The average molecular weight is 404 g/mol. The molecule has 0 fully saturated rings. The third-order valence-corrected chi connectivity index (χ3v) is 3.81. The van der Waals surface area contributed by atoms with Crippen LogP contribution in [0.3, 0.4) is 0 Å². The molecule has 0 saturated carbocycles. The Bertz CT molecular complexity index is 753. The van der Waals surface area contributed by atoms with E-state index in [-0.39, 0.29) is 11.3 Å². The summed E-state index contributed by atoms with van der Waals surface area (Å²) in [6.45, 7) is 0.293. The van der Waals surface area contributed by atoms with Crippen molar-refractivity contribution in [1.29, 1.82) is 0 Å². The van der Waals surface area contributed by atoms with Crippen molar-refractivity contribution in [2.75, 3.05) is 0 Å². The van der Waals surface area contributed by atoms with Gasteiger partial charge in [-0.3, -0.25) is 25.2 Å². The number of carbonyl (C=O) groups excluding carboxylic acids is 1. The van der Waals surface area contributed by atoms with Crippen molar-refractivity contribution < 1.29 is 9.72 Å². The van der Waals surface area contributed by atoms with Crippen LogP contribution in [0.4, 0.5) is 5.69 Å². The summed E-state index contributed by atoms with van der Waals surface area (Å²) in [5, 5.41) is 16.2. The molecule has 0 aliphatic heterocycles. The minimum absolute atomic E-state index is 0.0802. The number of pyridine rings is 1. The summed E-state index contributed by atoms with van der Waals surface area (Å²) in [4.78, 5) is 26.5. The largest absolute Gasteiger partial charge is 0.333 e. The van der Waals surface area contributed by atoms with Gasteiger partial charge in [0.05, 0.1) is 4.92 Å². The smallest absolute Gasteiger partial charge is 0.270 e. The van der Waals surface area contributed by atoms with Gasteiger partial charge in [0.2, 0.25) is 3.79 Å². The molecule has 1 aromatic heterocycles. The van der Waals surface area contributed by atoms with Gasteiger partial charge in [-0.2, -0.15) is 0 Å². The first-order valence-corrected chi connectivity index (χ1v) is 8.15. The fourth-order valence-electron chi connectivity index (χ4n) is 1.95. The molecular formula is C15H13Cl3N4O3. The maximum absolute atomic E-state index is 12.3. The summed E-state index contributed by atoms with van der Waals surface area (Å²) in [5.74, 6) is -0.612. The third-order valence-electron chi connectivity index (χ3n) is 3.16. The maximum Gasteiger partial charge on any atom is 0.270 e. The van der Waals surface area contributed by atoms with Gasteiger partial charge < -0.3 is 5.32 Å². The second-order valence-electron chi connectivity index (χ2n) is 5.00. The highest BCUT2D eigenvalue weighted by Gasteiger charge is 2.34. The van der Waals surface area contributed by atoms with Crippen molar-refractivity contribution in [3.05, 3.63) is 70.0 Å². The zero-order valence-corrected chi connectivity index (χ0v) is 14.9. The highest BCUT2D eigenvalue weighted by molar-refractivity contribution is 6.68. The summed E-state index contributed by atoms with van der Waals surface area (Å²) in [5.41, 5.74) is 0.698. The van der Waals surface area contributed by atoms with E-state index in [4.69, 9.17) is 34.8 Å². The van der Waals surface area contributed by atoms with Gasteiger partial charge in [0.15, 0.2) is 0 Å². The molecule has 2 N–H and O–H groups in total. The quantitative estimate of drug-likeness (QED) is 0.334. The van der Waals surface area contributed by atoms with Crippen LogP contribution in [0.15, 0.2) is 48.8 Å². The molecule has 1 unspecified atom stereocenters. The van der Waals surface area contributed by atoms with Gasteiger partial charge in [-0.25, -0.2) is 0 Å². The number of hydrogen-bond acceptors (Lipinski definition) is 5. The molecule has 132 valence electrons. The van der Waals surface area contributed by atoms with Crippen LogP contribution < -0.4 is 10.6 Å². The molecular weight excluding hydrogens is 391 g/mol. The molecule has 2 rings (SSSR count). The molecule has 0 bridgehead atoms. The number of carbonyl (C=O) groups is 1. The second kappa shape index (κ2) is 8.44. The van der Waals surface area contributed by atoms with Gasteiger partial charge >= 0.3 is 0 Å². The van der Waals surface area contributed by atoms with Crippen molar-refractivity contribution in [2.45, 2.75) is 16.5 Å². The van der Waals surface area contributed by atoms with Crippen molar-refractivity contribution in [3.63, 3.8) is 0 Å². The van der Waals surface area contributed by atoms with Crippen LogP contribution >= 0.6 is 34.8 Å². The summed E-state index contributed by atoms with van der Waals surface area (Å²) in [6, 6.07) is 8.83. The Hall–Kier alpha value is -1.93. The van der Waals surface area contributed by atoms with Crippen LogP contribution in [0.2, 0.25) is 0 Å². The normalized spacial score (nSPS) is 12.4. The van der Waals surface area contributed by atoms with E-state index >= 15 is 0 Å². The fourth-order valence-corrected chi connectivity index (χ4v) is 2.34. The molecule has 0 radical (unpaired) electrons. The van der Waals surface area contributed by atoms with Crippen molar-refractivity contribution in [1.82, 2.24) is 15.6 Å². The van der Waals surface area contributed by atoms with Gasteiger partial charge in [-0.05, 0) is 17.7 Å². The molecule has 0 aliphatic rings. The molecule has 1 amide bonds. The number of benzene rings is 1. The summed E-state index contributed by atoms with van der Waals surface area (Å²) >= 11 is 17.7. The minimum atomic E-state index is -1.83. The number of nitro benzene ring substituents is 1. The van der Waals surface area contributed by atoms with Gasteiger partial charge in [0.25, 0.3) is 11.6 Å². The number of halogens is 3. The number of nitrogens with one attached hydrogen (secondary N) is 2. The highest BCUT2D eigenvalue weighted by Crippen LogP contribution is 2.29. The van der Waals surface area contributed by atoms with E-state index in [1.807, 2.05) is 6.07 Å².